The third-order valence-electron chi connectivity index (χ3n) is 7.75. The van der Waals surface area contributed by atoms with Gasteiger partial charge >= 0.3 is 5.97 Å². The van der Waals surface area contributed by atoms with Crippen molar-refractivity contribution in [3.05, 3.63) is 108 Å². The van der Waals surface area contributed by atoms with Gasteiger partial charge in [-0.25, -0.2) is 4.79 Å². The summed E-state index contributed by atoms with van der Waals surface area (Å²) >= 11 is 0. The molecule has 0 bridgehead atoms. The van der Waals surface area contributed by atoms with Crippen LogP contribution >= 0.6 is 0 Å². The minimum Gasteiger partial charge on any atom is -0.438 e. The molecular formula is C34H41N3O3. The molecule has 1 heterocycles. The number of rotatable bonds is 10. The molecule has 0 radical (unpaired) electrons. The van der Waals surface area contributed by atoms with Crippen molar-refractivity contribution in [2.75, 3.05) is 32.7 Å². The number of nitrogens with zero attached hydrogens (tertiary/aromatic N) is 3. The summed E-state index contributed by atoms with van der Waals surface area (Å²) in [6.45, 7) is 15.9. The molecule has 1 saturated heterocycles. The van der Waals surface area contributed by atoms with E-state index in [9.17, 15) is 9.59 Å². The Morgan fingerprint density at radius 2 is 1.57 bits per heavy atom. The van der Waals surface area contributed by atoms with Crippen LogP contribution in [0.4, 0.5) is 0 Å². The van der Waals surface area contributed by atoms with E-state index in [1.165, 1.54) is 0 Å². The monoisotopic (exact) mass is 539 g/mol. The molecule has 0 aromatic heterocycles. The summed E-state index contributed by atoms with van der Waals surface area (Å²) in [5.41, 5.74) is 3.99. The summed E-state index contributed by atoms with van der Waals surface area (Å²) in [7, 11) is 0. The van der Waals surface area contributed by atoms with Crippen molar-refractivity contribution in [3.8, 4) is 11.1 Å². The highest BCUT2D eigenvalue weighted by molar-refractivity contribution is 5.94. The molecule has 6 nitrogen and oxygen atoms in total. The molecule has 3 aromatic carbocycles. The van der Waals surface area contributed by atoms with Gasteiger partial charge in [-0.1, -0.05) is 60.7 Å². The molecule has 0 saturated carbocycles. The lowest BCUT2D eigenvalue weighted by molar-refractivity contribution is -0.0833. The molecular weight excluding hydrogens is 498 g/mol. The summed E-state index contributed by atoms with van der Waals surface area (Å²) in [6, 6.07) is 25.5. The lowest BCUT2D eigenvalue weighted by Crippen LogP contribution is -2.57. The predicted molar refractivity (Wildman–Crippen MR) is 161 cm³/mol. The van der Waals surface area contributed by atoms with Gasteiger partial charge in [0.1, 0.15) is 0 Å². The van der Waals surface area contributed by atoms with Crippen LogP contribution in [-0.2, 0) is 4.74 Å². The number of carbonyl (C=O) groups is 2. The Morgan fingerprint density at radius 1 is 0.900 bits per heavy atom. The summed E-state index contributed by atoms with van der Waals surface area (Å²) < 4.78 is 6.31. The van der Waals surface area contributed by atoms with Crippen molar-refractivity contribution in [1.82, 2.24) is 14.7 Å². The normalized spacial score (nSPS) is 18.6. The van der Waals surface area contributed by atoms with Gasteiger partial charge in [-0.3, -0.25) is 14.6 Å². The first-order valence-corrected chi connectivity index (χ1v) is 14.2. The van der Waals surface area contributed by atoms with Gasteiger partial charge in [0.2, 0.25) is 0 Å². The second-order valence-corrected chi connectivity index (χ2v) is 10.4. The van der Waals surface area contributed by atoms with E-state index >= 15 is 0 Å². The third kappa shape index (κ3) is 6.69. The van der Waals surface area contributed by atoms with E-state index in [0.29, 0.717) is 24.2 Å². The second-order valence-electron chi connectivity index (χ2n) is 10.4. The fourth-order valence-corrected chi connectivity index (χ4v) is 5.41. The van der Waals surface area contributed by atoms with Crippen LogP contribution in [0.2, 0.25) is 0 Å². The van der Waals surface area contributed by atoms with Crippen LogP contribution in [0.25, 0.3) is 11.1 Å². The molecule has 1 fully saturated rings. The van der Waals surface area contributed by atoms with Gasteiger partial charge < -0.3 is 9.64 Å². The molecule has 3 atom stereocenters. The van der Waals surface area contributed by atoms with Crippen LogP contribution in [0.3, 0.4) is 0 Å². The summed E-state index contributed by atoms with van der Waals surface area (Å²) in [4.78, 5) is 33.0. The Hall–Kier alpha value is -3.74. The summed E-state index contributed by atoms with van der Waals surface area (Å²) in [6.07, 6.45) is 1.34. The molecule has 1 aliphatic rings. The van der Waals surface area contributed by atoms with E-state index in [1.54, 1.807) is 11.0 Å². The van der Waals surface area contributed by atoms with Gasteiger partial charge in [0.15, 0.2) is 6.23 Å². The Bertz CT molecular complexity index is 1290. The van der Waals surface area contributed by atoms with Crippen molar-refractivity contribution < 1.29 is 14.3 Å². The number of hydrogen-bond acceptors (Lipinski definition) is 5. The lowest BCUT2D eigenvalue weighted by Gasteiger charge is -2.46. The van der Waals surface area contributed by atoms with Gasteiger partial charge in [0.25, 0.3) is 5.91 Å². The van der Waals surface area contributed by atoms with Gasteiger partial charge in [0.05, 0.1) is 5.56 Å². The van der Waals surface area contributed by atoms with Gasteiger partial charge in [0, 0.05) is 55.9 Å². The number of piperazine rings is 1. The second kappa shape index (κ2) is 13.6. The molecule has 40 heavy (non-hydrogen) atoms. The molecule has 0 aliphatic carbocycles. The first kappa shape index (κ1) is 29.2. The van der Waals surface area contributed by atoms with Crippen molar-refractivity contribution in [3.63, 3.8) is 0 Å². The first-order chi connectivity index (χ1) is 19.4. The van der Waals surface area contributed by atoms with Gasteiger partial charge in [-0.15, -0.1) is 6.58 Å². The minimum atomic E-state index is -0.589. The van der Waals surface area contributed by atoms with Crippen LogP contribution in [0.5, 0.6) is 0 Å². The maximum atomic E-state index is 13.6. The maximum Gasteiger partial charge on any atom is 0.339 e. The fourth-order valence-electron chi connectivity index (χ4n) is 5.41. The molecule has 1 aliphatic heterocycles. The highest BCUT2D eigenvalue weighted by Gasteiger charge is 2.36. The maximum absolute atomic E-state index is 13.6. The number of amides is 1. The van der Waals surface area contributed by atoms with E-state index in [2.05, 4.69) is 30.2 Å². The first-order valence-electron chi connectivity index (χ1n) is 14.2. The fraction of sp³-hybridized carbons (Fsp3) is 0.353. The molecule has 6 heteroatoms. The zero-order chi connectivity index (χ0) is 28.6. The highest BCUT2D eigenvalue weighted by atomic mass is 16.6. The number of benzene rings is 3. The van der Waals surface area contributed by atoms with E-state index in [4.69, 9.17) is 4.74 Å². The Kier molecular flexibility index (Phi) is 9.91. The quantitative estimate of drug-likeness (QED) is 0.224. The van der Waals surface area contributed by atoms with Crippen LogP contribution in [0.15, 0.2) is 91.5 Å². The SMILES string of the molecule is C=CCN1C[C@H](C)N([C@H](OC(=O)c2cccc(-c3ccccc3)c2)c2ccc(C(=O)N(CC)CC)cc2)C[C@H]1C. The van der Waals surface area contributed by atoms with Crippen molar-refractivity contribution in [1.29, 1.82) is 0 Å². The molecule has 4 rings (SSSR count). The standard InChI is InChI=1S/C34H41N3O3/c1-6-21-36-23-26(5)37(24-25(36)4)33(29-19-17-28(18-20-29)32(38)35(7-2)8-3)40-34(39)31-16-12-15-30(22-31)27-13-10-9-11-14-27/h6,9-20,22,25-26,33H,1,7-8,21,23-24H2,2-5H3/t25-,26+,33-/m1/s1. The zero-order valence-corrected chi connectivity index (χ0v) is 24.1. The predicted octanol–water partition coefficient (Wildman–Crippen LogP) is 6.27. The minimum absolute atomic E-state index is 0.00264. The van der Waals surface area contributed by atoms with Crippen molar-refractivity contribution >= 4 is 11.9 Å². The van der Waals surface area contributed by atoms with Gasteiger partial charge in [-0.05, 0) is 63.1 Å². The topological polar surface area (TPSA) is 53.1 Å². The van der Waals surface area contributed by atoms with E-state index in [1.807, 2.05) is 92.7 Å². The third-order valence-corrected chi connectivity index (χ3v) is 7.75. The van der Waals surface area contributed by atoms with Crippen molar-refractivity contribution in [2.24, 2.45) is 0 Å². The highest BCUT2D eigenvalue weighted by Crippen LogP contribution is 2.31. The van der Waals surface area contributed by atoms with Crippen LogP contribution in [0, 0.1) is 0 Å². The number of ether oxygens (including phenoxy) is 1. The average Bonchev–Trinajstić information content (AvgIpc) is 2.99. The molecule has 1 amide bonds. The summed E-state index contributed by atoms with van der Waals surface area (Å²) in [5.74, 6) is -0.373. The van der Waals surface area contributed by atoms with Crippen LogP contribution in [-0.4, -0.2) is 71.4 Å². The smallest absolute Gasteiger partial charge is 0.339 e. The Balaban J connectivity index is 1.64. The average molecular weight is 540 g/mol. The lowest BCUT2D eigenvalue weighted by atomic mass is 10.0. The zero-order valence-electron chi connectivity index (χ0n) is 24.1. The van der Waals surface area contributed by atoms with Crippen LogP contribution in [0.1, 0.15) is 60.2 Å². The van der Waals surface area contributed by atoms with Crippen LogP contribution < -0.4 is 0 Å². The number of hydrogen-bond donors (Lipinski definition) is 0. The Morgan fingerprint density at radius 3 is 2.23 bits per heavy atom. The number of esters is 1. The molecule has 0 N–H and O–H groups in total. The molecule has 0 spiro atoms. The van der Waals surface area contributed by atoms with E-state index in [-0.39, 0.29) is 24.0 Å². The van der Waals surface area contributed by atoms with E-state index in [0.717, 1.165) is 36.3 Å². The largest absolute Gasteiger partial charge is 0.438 e. The number of carbonyl (C=O) groups excluding carboxylic acids is 2. The molecule has 3 aromatic rings. The van der Waals surface area contributed by atoms with E-state index < -0.39 is 6.23 Å². The molecule has 0 unspecified atom stereocenters. The Labute approximate surface area is 238 Å². The van der Waals surface area contributed by atoms with Gasteiger partial charge in [-0.2, -0.15) is 0 Å². The molecule has 210 valence electrons. The summed E-state index contributed by atoms with van der Waals surface area (Å²) in [5, 5.41) is 0. The van der Waals surface area contributed by atoms with Crippen molar-refractivity contribution in [2.45, 2.75) is 46.0 Å².